The lowest BCUT2D eigenvalue weighted by Crippen LogP contribution is -2.21. The third-order valence-corrected chi connectivity index (χ3v) is 5.15. The molecule has 4 nitrogen and oxygen atoms in total. The van der Waals surface area contributed by atoms with E-state index < -0.39 is 13.0 Å². The lowest BCUT2D eigenvalue weighted by atomic mass is 10.2. The number of oxime groups is 1. The van der Waals surface area contributed by atoms with E-state index >= 15 is 0 Å². The van der Waals surface area contributed by atoms with Gasteiger partial charge in [-0.25, -0.2) is 0 Å². The van der Waals surface area contributed by atoms with Crippen molar-refractivity contribution in [1.82, 2.24) is 0 Å². The molecule has 5 heteroatoms. The van der Waals surface area contributed by atoms with E-state index in [4.69, 9.17) is 5.21 Å². The minimum Gasteiger partial charge on any atom is -0.411 e. The van der Waals surface area contributed by atoms with E-state index in [9.17, 15) is 9.46 Å². The van der Waals surface area contributed by atoms with Crippen molar-refractivity contribution in [1.29, 1.82) is 0 Å². The van der Waals surface area contributed by atoms with Gasteiger partial charge in [-0.2, -0.15) is 0 Å². The molecule has 0 saturated heterocycles. The second kappa shape index (κ2) is 4.81. The Labute approximate surface area is 95.1 Å². The van der Waals surface area contributed by atoms with Crippen LogP contribution in [-0.4, -0.2) is 21.5 Å². The predicted octanol–water partition coefficient (Wildman–Crippen LogP) is 2.13. The average Bonchev–Trinajstić information content (AvgIpc) is 2.27. The van der Waals surface area contributed by atoms with Crippen LogP contribution in [0.4, 0.5) is 0 Å². The number of nitrogens with zero attached hydrogens (tertiary/aromatic N) is 1. The molecule has 16 heavy (non-hydrogen) atoms. The third kappa shape index (κ3) is 2.52. The highest BCUT2D eigenvalue weighted by Gasteiger charge is 2.31. The van der Waals surface area contributed by atoms with E-state index in [0.29, 0.717) is 5.30 Å². The van der Waals surface area contributed by atoms with Gasteiger partial charge in [0, 0.05) is 5.30 Å². The quantitative estimate of drug-likeness (QED) is 0.368. The van der Waals surface area contributed by atoms with Crippen LogP contribution < -0.4 is 5.30 Å². The molecular weight excluding hydrogens is 225 g/mol. The first-order valence-electron chi connectivity index (χ1n) is 4.98. The maximum Gasteiger partial charge on any atom is 0.237 e. The van der Waals surface area contributed by atoms with Crippen LogP contribution in [0.2, 0.25) is 0 Å². The number of hydrogen-bond acceptors (Lipinski definition) is 3. The Kier molecular flexibility index (Phi) is 3.89. The van der Waals surface area contributed by atoms with E-state index in [1.165, 1.54) is 6.92 Å². The topological polar surface area (TPSA) is 69.9 Å². The molecule has 0 aromatic heterocycles. The first-order chi connectivity index (χ1) is 7.39. The zero-order valence-electron chi connectivity index (χ0n) is 9.58. The van der Waals surface area contributed by atoms with E-state index in [1.807, 2.05) is 6.92 Å². The van der Waals surface area contributed by atoms with Crippen LogP contribution in [0.3, 0.4) is 0 Å². The third-order valence-electron chi connectivity index (χ3n) is 2.69. The van der Waals surface area contributed by atoms with Crippen LogP contribution in [0.25, 0.3) is 0 Å². The summed E-state index contributed by atoms with van der Waals surface area (Å²) in [6.45, 7) is 5.02. The van der Waals surface area contributed by atoms with Crippen LogP contribution >= 0.6 is 7.37 Å². The van der Waals surface area contributed by atoms with Crippen molar-refractivity contribution >= 4 is 18.4 Å². The number of benzene rings is 1. The molecule has 2 atom stereocenters. The molecule has 0 spiro atoms. The van der Waals surface area contributed by atoms with Crippen LogP contribution in [0.5, 0.6) is 0 Å². The molecule has 0 bridgehead atoms. The largest absolute Gasteiger partial charge is 0.411 e. The molecule has 1 rings (SSSR count). The minimum atomic E-state index is -3.52. The van der Waals surface area contributed by atoms with Gasteiger partial charge in [0.25, 0.3) is 0 Å². The molecule has 88 valence electrons. The van der Waals surface area contributed by atoms with E-state index in [2.05, 4.69) is 5.16 Å². The van der Waals surface area contributed by atoms with E-state index in [-0.39, 0.29) is 5.71 Å². The second-order valence-electron chi connectivity index (χ2n) is 3.88. The summed E-state index contributed by atoms with van der Waals surface area (Å²) >= 11 is 0. The van der Waals surface area contributed by atoms with Crippen molar-refractivity contribution < 1.29 is 14.7 Å². The maximum absolute atomic E-state index is 12.2. The smallest absolute Gasteiger partial charge is 0.237 e. The standard InChI is InChI=1S/C11H16NO3P/c1-8-4-6-11(7-5-8)16(14,15)10(3)9(2)12-13/h4-7,10,13H,1-3H3,(H,14,15). The molecule has 0 aliphatic heterocycles. The van der Waals surface area contributed by atoms with Crippen molar-refractivity contribution in [3.8, 4) is 0 Å². The Hall–Kier alpha value is -1.12. The molecule has 0 aliphatic rings. The van der Waals surface area contributed by atoms with Gasteiger partial charge in [-0.1, -0.05) is 22.9 Å². The van der Waals surface area contributed by atoms with Gasteiger partial charge in [-0.15, -0.1) is 0 Å². The summed E-state index contributed by atoms with van der Waals surface area (Å²) in [5.74, 6) is 0. The number of hydrogen-bond donors (Lipinski definition) is 2. The van der Waals surface area contributed by atoms with Crippen molar-refractivity contribution in [2.45, 2.75) is 26.4 Å². The highest BCUT2D eigenvalue weighted by atomic mass is 31.2. The summed E-state index contributed by atoms with van der Waals surface area (Å²) in [5, 5.41) is 12.0. The Morgan fingerprint density at radius 2 is 1.88 bits per heavy atom. The first kappa shape index (κ1) is 12.9. The zero-order chi connectivity index (χ0) is 12.3. The predicted molar refractivity (Wildman–Crippen MR) is 65.0 cm³/mol. The van der Waals surface area contributed by atoms with Crippen LogP contribution in [0.15, 0.2) is 29.4 Å². The highest BCUT2D eigenvalue weighted by Crippen LogP contribution is 2.45. The van der Waals surface area contributed by atoms with E-state index in [1.54, 1.807) is 31.2 Å². The van der Waals surface area contributed by atoms with Gasteiger partial charge in [-0.3, -0.25) is 4.57 Å². The monoisotopic (exact) mass is 241 g/mol. The number of rotatable bonds is 3. The van der Waals surface area contributed by atoms with Gasteiger partial charge in [-0.05, 0) is 32.9 Å². The average molecular weight is 241 g/mol. The molecule has 0 amide bonds. The SMILES string of the molecule is CC(=NO)C(C)P(=O)(O)c1ccc(C)cc1. The summed E-state index contributed by atoms with van der Waals surface area (Å²) in [4.78, 5) is 10.0. The first-order valence-corrected chi connectivity index (χ1v) is 6.70. The van der Waals surface area contributed by atoms with Gasteiger partial charge in [0.2, 0.25) is 7.37 Å². The lowest BCUT2D eigenvalue weighted by molar-refractivity contribution is 0.317. The number of aryl methyl sites for hydroxylation is 1. The van der Waals surface area contributed by atoms with Crippen LogP contribution in [-0.2, 0) is 4.57 Å². The Morgan fingerprint density at radius 1 is 1.38 bits per heavy atom. The molecule has 0 saturated carbocycles. The second-order valence-corrected chi connectivity index (χ2v) is 6.41. The molecule has 2 N–H and O–H groups in total. The van der Waals surface area contributed by atoms with Crippen LogP contribution in [0, 0.1) is 6.92 Å². The highest BCUT2D eigenvalue weighted by molar-refractivity contribution is 7.67. The molecule has 1 aromatic carbocycles. The fourth-order valence-corrected chi connectivity index (χ4v) is 2.90. The minimum absolute atomic E-state index is 0.256. The molecule has 0 heterocycles. The molecule has 0 radical (unpaired) electrons. The van der Waals surface area contributed by atoms with Crippen molar-refractivity contribution in [2.75, 3.05) is 0 Å². The van der Waals surface area contributed by atoms with Crippen LogP contribution in [0.1, 0.15) is 19.4 Å². The maximum atomic E-state index is 12.2. The molecular formula is C11H16NO3P. The van der Waals surface area contributed by atoms with E-state index in [0.717, 1.165) is 5.56 Å². The van der Waals surface area contributed by atoms with Gasteiger partial charge < -0.3 is 10.1 Å². The fraction of sp³-hybridized carbons (Fsp3) is 0.364. The fourth-order valence-electron chi connectivity index (χ4n) is 1.32. The lowest BCUT2D eigenvalue weighted by Gasteiger charge is -2.18. The summed E-state index contributed by atoms with van der Waals surface area (Å²) in [5.41, 5.74) is 0.607. The molecule has 0 aliphatic carbocycles. The van der Waals surface area contributed by atoms with Gasteiger partial charge in [0.1, 0.15) is 0 Å². The molecule has 2 unspecified atom stereocenters. The van der Waals surface area contributed by atoms with Gasteiger partial charge in [0.05, 0.1) is 11.4 Å². The van der Waals surface area contributed by atoms with Crippen molar-refractivity contribution in [3.63, 3.8) is 0 Å². The molecule has 1 aromatic rings. The Morgan fingerprint density at radius 3 is 2.31 bits per heavy atom. The summed E-state index contributed by atoms with van der Waals surface area (Å²) in [7, 11) is -3.52. The summed E-state index contributed by atoms with van der Waals surface area (Å²) in [6, 6.07) is 6.85. The summed E-state index contributed by atoms with van der Waals surface area (Å²) in [6.07, 6.45) is 0. The van der Waals surface area contributed by atoms with Crippen molar-refractivity contribution in [2.24, 2.45) is 5.16 Å². The van der Waals surface area contributed by atoms with Gasteiger partial charge >= 0.3 is 0 Å². The zero-order valence-corrected chi connectivity index (χ0v) is 10.5. The van der Waals surface area contributed by atoms with Gasteiger partial charge in [0.15, 0.2) is 0 Å². The Bertz CT molecular complexity index is 439. The normalized spacial score (nSPS) is 17.9. The Balaban J connectivity index is 3.11. The molecule has 0 fully saturated rings. The van der Waals surface area contributed by atoms with Crippen molar-refractivity contribution in [3.05, 3.63) is 29.8 Å². The summed E-state index contributed by atoms with van der Waals surface area (Å²) < 4.78 is 12.2.